The Morgan fingerprint density at radius 2 is 1.06 bits per heavy atom. The molecule has 31 heavy (non-hydrogen) atoms. The Morgan fingerprint density at radius 3 is 1.39 bits per heavy atom. The first-order valence-corrected chi connectivity index (χ1v) is 25.4. The van der Waals surface area contributed by atoms with Gasteiger partial charge in [0.15, 0.2) is 8.32 Å². The Hall–Kier alpha value is 0.134. The van der Waals surface area contributed by atoms with Gasteiger partial charge in [-0.1, -0.05) is 34.3 Å². The summed E-state index contributed by atoms with van der Waals surface area (Å²) in [6, 6.07) is 1.46. The van der Waals surface area contributed by atoms with Gasteiger partial charge in [0.25, 0.3) is 0 Å². The van der Waals surface area contributed by atoms with E-state index in [1.165, 1.54) is 6.08 Å². The van der Waals surface area contributed by atoms with Gasteiger partial charge in [0.1, 0.15) is 0 Å². The molecule has 184 valence electrons. The number of hydrogen-bond acceptors (Lipinski definition) is 6. The third kappa shape index (κ3) is 14.1. The van der Waals surface area contributed by atoms with E-state index in [0.717, 1.165) is 12.1 Å². The van der Waals surface area contributed by atoms with Crippen molar-refractivity contribution in [3.63, 3.8) is 0 Å². The highest BCUT2D eigenvalue weighted by atomic mass is 28.5. The van der Waals surface area contributed by atoms with E-state index in [2.05, 4.69) is 80.1 Å². The smallest absolute Gasteiger partial charge is 0.393 e. The molecule has 0 aliphatic heterocycles. The Labute approximate surface area is 197 Å². The van der Waals surface area contributed by atoms with Gasteiger partial charge in [0.2, 0.25) is 0 Å². The minimum absolute atomic E-state index is 0.339. The summed E-state index contributed by atoms with van der Waals surface area (Å²) in [5.74, 6) is 0.263. The summed E-state index contributed by atoms with van der Waals surface area (Å²) in [5, 5.41) is 0. The van der Waals surface area contributed by atoms with E-state index >= 15 is 0 Å². The zero-order valence-electron chi connectivity index (χ0n) is 22.3. The topological polar surface area (TPSA) is 63.2 Å². The zero-order chi connectivity index (χ0) is 24.9. The van der Waals surface area contributed by atoms with Crippen LogP contribution in [0.25, 0.3) is 0 Å². The maximum Gasteiger partial charge on any atom is 0.393 e. The predicted molar refractivity (Wildman–Crippen MR) is 141 cm³/mol. The fourth-order valence-corrected chi connectivity index (χ4v) is 28.9. The zero-order valence-corrected chi connectivity index (χ0v) is 27.3. The van der Waals surface area contributed by atoms with E-state index in [-0.39, 0.29) is 0 Å². The summed E-state index contributed by atoms with van der Waals surface area (Å²) in [5.41, 5.74) is 0. The number of carbonyl (C=O) groups excluding carboxylic acids is 1. The molecule has 0 aliphatic rings. The van der Waals surface area contributed by atoms with Crippen molar-refractivity contribution in [2.75, 3.05) is 0 Å². The third-order valence-corrected chi connectivity index (χ3v) is 23.0. The first-order chi connectivity index (χ1) is 13.6. The van der Waals surface area contributed by atoms with E-state index < -0.39 is 48.5 Å². The van der Waals surface area contributed by atoms with Gasteiger partial charge in [-0.05, 0) is 70.8 Å². The molecule has 0 atom stereocenters. The van der Waals surface area contributed by atoms with Gasteiger partial charge in [0.05, 0.1) is 0 Å². The van der Waals surface area contributed by atoms with Gasteiger partial charge in [-0.25, -0.2) is 4.79 Å². The highest BCUT2D eigenvalue weighted by molar-refractivity contribution is 6.90. The van der Waals surface area contributed by atoms with Crippen molar-refractivity contribution < 1.29 is 25.7 Å². The van der Waals surface area contributed by atoms with Gasteiger partial charge >= 0.3 is 40.2 Å². The fourth-order valence-electron chi connectivity index (χ4n) is 4.17. The summed E-state index contributed by atoms with van der Waals surface area (Å²) in [6.45, 7) is 31.0. The summed E-state index contributed by atoms with van der Waals surface area (Å²) in [7, 11) is -12.2. The second kappa shape index (κ2) is 11.5. The van der Waals surface area contributed by atoms with Crippen LogP contribution in [0.2, 0.25) is 71.0 Å². The second-order valence-corrected chi connectivity index (χ2v) is 30.2. The lowest BCUT2D eigenvalue weighted by atomic mass is 10.3. The van der Waals surface area contributed by atoms with Crippen LogP contribution in [-0.2, 0) is 25.7 Å². The highest BCUT2D eigenvalue weighted by Gasteiger charge is 2.50. The molecule has 0 aromatic carbocycles. The van der Waals surface area contributed by atoms with Crippen LogP contribution in [0.4, 0.5) is 0 Å². The molecular formula is C20H48O6Si5. The largest absolute Gasteiger partial charge is 0.492 e. The maximum absolute atomic E-state index is 12.2. The Bertz CT molecular complexity index is 589. The van der Waals surface area contributed by atoms with Crippen LogP contribution >= 0.6 is 0 Å². The molecule has 11 heteroatoms. The number of hydrogen-bond donors (Lipinski definition) is 0. The molecule has 0 rings (SSSR count). The van der Waals surface area contributed by atoms with Crippen molar-refractivity contribution in [3.05, 3.63) is 12.7 Å². The number of rotatable bonds is 14. The summed E-state index contributed by atoms with van der Waals surface area (Å²) in [4.78, 5) is 12.2. The molecule has 0 bridgehead atoms. The molecule has 0 fully saturated rings. The van der Waals surface area contributed by atoms with Crippen LogP contribution in [0.1, 0.15) is 27.7 Å². The minimum Gasteiger partial charge on any atom is -0.492 e. The lowest BCUT2D eigenvalue weighted by Gasteiger charge is -2.43. The van der Waals surface area contributed by atoms with E-state index in [0.29, 0.717) is 11.8 Å². The molecule has 6 nitrogen and oxygen atoms in total. The predicted octanol–water partition coefficient (Wildman–Crippen LogP) is 6.48. The average Bonchev–Trinajstić information content (AvgIpc) is 2.38. The van der Waals surface area contributed by atoms with Crippen molar-refractivity contribution in [3.8, 4) is 0 Å². The molecule has 0 aromatic rings. The molecule has 0 aromatic heterocycles. The van der Waals surface area contributed by atoms with Gasteiger partial charge in [0, 0.05) is 18.2 Å². The van der Waals surface area contributed by atoms with Crippen LogP contribution in [0.5, 0.6) is 0 Å². The highest BCUT2D eigenvalue weighted by Crippen LogP contribution is 2.33. The van der Waals surface area contributed by atoms with Crippen LogP contribution in [0, 0.1) is 11.8 Å². The molecule has 0 amide bonds. The summed E-state index contributed by atoms with van der Waals surface area (Å²) in [6.07, 6.45) is 1.23. The third-order valence-electron chi connectivity index (χ3n) is 3.86. The van der Waals surface area contributed by atoms with Crippen molar-refractivity contribution in [2.24, 2.45) is 11.8 Å². The fraction of sp³-hybridized carbons (Fsp3) is 0.850. The maximum atomic E-state index is 12.2. The lowest BCUT2D eigenvalue weighted by molar-refractivity contribution is -0.130. The Morgan fingerprint density at radius 1 is 0.710 bits per heavy atom. The van der Waals surface area contributed by atoms with Crippen molar-refractivity contribution in [2.45, 2.75) is 98.7 Å². The molecule has 0 radical (unpaired) electrons. The van der Waals surface area contributed by atoms with E-state index in [4.69, 9.17) is 20.9 Å². The molecule has 0 aliphatic carbocycles. The molecule has 0 N–H and O–H groups in total. The molecule has 0 saturated carbocycles. The standard InChI is InChI=1S/C20H48O6Si5/c1-15-20(21)22-31(16-18(2)3,17-19(4)5)26-30(13,14)25-29(11,12)24-28(9,10)23-27(6,7)8/h15,18-19H,1,16-17H2,2-14H3. The van der Waals surface area contributed by atoms with Gasteiger partial charge in [-0.3, -0.25) is 0 Å². The van der Waals surface area contributed by atoms with E-state index in [1.54, 1.807) is 0 Å². The SMILES string of the molecule is C=CC(=O)O[Si](CC(C)C)(CC(C)C)O[Si](C)(C)O[Si](C)(C)O[Si](C)(C)O[Si](C)(C)C. The summed E-state index contributed by atoms with van der Waals surface area (Å²) >= 11 is 0. The van der Waals surface area contributed by atoms with Gasteiger partial charge < -0.3 is 20.9 Å². The molecular weight excluding hydrogens is 477 g/mol. The molecule has 0 spiro atoms. The molecule has 0 heterocycles. The Kier molecular flexibility index (Phi) is 11.6. The lowest BCUT2D eigenvalue weighted by Crippen LogP contribution is -2.60. The van der Waals surface area contributed by atoms with Crippen molar-refractivity contribution in [1.29, 1.82) is 0 Å². The molecule has 0 saturated heterocycles. The van der Waals surface area contributed by atoms with Gasteiger partial charge in [-0.2, -0.15) is 0 Å². The first kappa shape index (κ1) is 31.1. The molecule has 0 unspecified atom stereocenters. The van der Waals surface area contributed by atoms with Gasteiger partial charge in [-0.15, -0.1) is 0 Å². The van der Waals surface area contributed by atoms with Crippen LogP contribution in [0.15, 0.2) is 12.7 Å². The van der Waals surface area contributed by atoms with Crippen LogP contribution < -0.4 is 0 Å². The Balaban J connectivity index is 5.74. The van der Waals surface area contributed by atoms with Crippen molar-refractivity contribution >= 4 is 48.5 Å². The van der Waals surface area contributed by atoms with Crippen molar-refractivity contribution in [1.82, 2.24) is 0 Å². The van der Waals surface area contributed by atoms with Crippen LogP contribution in [0.3, 0.4) is 0 Å². The average molecular weight is 525 g/mol. The summed E-state index contributed by atoms with van der Waals surface area (Å²) < 4.78 is 32.3. The van der Waals surface area contributed by atoms with E-state index in [1.807, 2.05) is 13.1 Å². The quantitative estimate of drug-likeness (QED) is 0.191. The monoisotopic (exact) mass is 524 g/mol. The number of carbonyl (C=O) groups is 1. The normalized spacial score (nSPS) is 14.3. The minimum atomic E-state index is -2.87. The van der Waals surface area contributed by atoms with Crippen LogP contribution in [-0.4, -0.2) is 48.5 Å². The second-order valence-electron chi connectivity index (χ2n) is 11.5. The first-order valence-electron chi connectivity index (χ1n) is 11.3. The van der Waals surface area contributed by atoms with E-state index in [9.17, 15) is 4.79 Å².